The lowest BCUT2D eigenvalue weighted by Gasteiger charge is -2.33. The van der Waals surface area contributed by atoms with Gasteiger partial charge in [0.1, 0.15) is 0 Å². The number of pyridine rings is 1. The minimum absolute atomic E-state index is 0.326. The van der Waals surface area contributed by atoms with Gasteiger partial charge in [0.05, 0.1) is 5.56 Å². The van der Waals surface area contributed by atoms with Crippen LogP contribution in [-0.4, -0.2) is 15.1 Å². The fourth-order valence-corrected chi connectivity index (χ4v) is 5.23. The van der Waals surface area contributed by atoms with Gasteiger partial charge in [-0.3, -0.25) is 4.98 Å². The molecule has 5 rings (SSSR count). The Morgan fingerprint density at radius 3 is 2.52 bits per heavy atom. The number of nitrogens with zero attached hydrogens (tertiary/aromatic N) is 3. The van der Waals surface area contributed by atoms with Crippen molar-refractivity contribution in [2.75, 3.05) is 0 Å². The molecule has 0 unspecified atom stereocenters. The number of benzene rings is 1. The third kappa shape index (κ3) is 3.81. The third-order valence-corrected chi connectivity index (χ3v) is 7.11. The van der Waals surface area contributed by atoms with E-state index < -0.39 is 0 Å². The number of hydrogen-bond donors (Lipinski definition) is 0. The zero-order valence-electron chi connectivity index (χ0n) is 19.5. The average Bonchev–Trinajstić information content (AvgIpc) is 3.45. The van der Waals surface area contributed by atoms with E-state index in [1.54, 1.807) is 0 Å². The highest BCUT2D eigenvalue weighted by Crippen LogP contribution is 2.47. The van der Waals surface area contributed by atoms with Gasteiger partial charge in [-0.25, -0.2) is 0 Å². The van der Waals surface area contributed by atoms with Gasteiger partial charge < -0.3 is 4.52 Å². The molecule has 4 heteroatoms. The first-order valence-corrected chi connectivity index (χ1v) is 11.8. The Kier molecular flexibility index (Phi) is 4.99. The topological polar surface area (TPSA) is 51.8 Å². The second-order valence-corrected chi connectivity index (χ2v) is 10.4. The molecule has 0 amide bonds. The molecular weight excluding hydrogens is 382 g/mol. The zero-order valence-corrected chi connectivity index (χ0v) is 19.5. The van der Waals surface area contributed by atoms with E-state index in [2.05, 4.69) is 51.9 Å². The van der Waals surface area contributed by atoms with Crippen molar-refractivity contribution in [3.8, 4) is 22.8 Å². The van der Waals surface area contributed by atoms with Crippen LogP contribution in [0.25, 0.3) is 22.8 Å². The summed E-state index contributed by atoms with van der Waals surface area (Å²) in [5.74, 6) is 1.93. The number of rotatable bonds is 5. The van der Waals surface area contributed by atoms with Crippen molar-refractivity contribution in [3.63, 3.8) is 0 Å². The molecule has 2 aliphatic carbocycles. The summed E-state index contributed by atoms with van der Waals surface area (Å²) in [5.41, 5.74) is 10.6. The summed E-state index contributed by atoms with van der Waals surface area (Å²) in [7, 11) is 0. The van der Waals surface area contributed by atoms with Crippen LogP contribution in [0.1, 0.15) is 85.9 Å². The molecule has 0 radical (unpaired) electrons. The van der Waals surface area contributed by atoms with E-state index >= 15 is 0 Å². The second kappa shape index (κ2) is 7.58. The Balaban J connectivity index is 1.54. The lowest BCUT2D eigenvalue weighted by molar-refractivity contribution is 0.313. The molecule has 162 valence electrons. The van der Waals surface area contributed by atoms with E-state index in [1.165, 1.54) is 52.8 Å². The summed E-state index contributed by atoms with van der Waals surface area (Å²) >= 11 is 0. The Hall–Kier alpha value is -2.49. The van der Waals surface area contributed by atoms with E-state index in [-0.39, 0.29) is 0 Å². The van der Waals surface area contributed by atoms with E-state index in [1.807, 2.05) is 6.20 Å². The molecule has 0 N–H and O–H groups in total. The average molecular weight is 416 g/mol. The van der Waals surface area contributed by atoms with Gasteiger partial charge in [-0.2, -0.15) is 4.98 Å². The standard InChI is InChI=1S/C27H33N3O/c1-6-7-20-16(2)12-19(13-17(20)3)25-29-26(31-30-25)23-15-28-24(18-8-9-18)22-14-27(4,5)11-10-21(22)23/h12-13,15,18H,6-11,14H2,1-5H3. The highest BCUT2D eigenvalue weighted by Gasteiger charge is 2.35. The van der Waals surface area contributed by atoms with Gasteiger partial charge in [-0.1, -0.05) is 32.3 Å². The molecule has 1 fully saturated rings. The molecule has 1 aromatic carbocycles. The van der Waals surface area contributed by atoms with Crippen LogP contribution in [0, 0.1) is 19.3 Å². The maximum atomic E-state index is 5.80. The summed E-state index contributed by atoms with van der Waals surface area (Å²) in [6.45, 7) is 11.3. The van der Waals surface area contributed by atoms with E-state index in [9.17, 15) is 0 Å². The quantitative estimate of drug-likeness (QED) is 0.462. The van der Waals surface area contributed by atoms with Crippen LogP contribution in [0.5, 0.6) is 0 Å². The van der Waals surface area contributed by atoms with Crippen molar-refractivity contribution >= 4 is 0 Å². The van der Waals surface area contributed by atoms with Crippen molar-refractivity contribution < 1.29 is 4.52 Å². The molecule has 31 heavy (non-hydrogen) atoms. The highest BCUT2D eigenvalue weighted by atomic mass is 16.5. The van der Waals surface area contributed by atoms with Gasteiger partial charge in [-0.05, 0) is 97.7 Å². The third-order valence-electron chi connectivity index (χ3n) is 7.11. The number of aromatic nitrogens is 3. The molecule has 0 saturated heterocycles. The van der Waals surface area contributed by atoms with Crippen molar-refractivity contribution in [2.45, 2.75) is 85.5 Å². The molecule has 0 bridgehead atoms. The fourth-order valence-electron chi connectivity index (χ4n) is 5.23. The van der Waals surface area contributed by atoms with Crippen molar-refractivity contribution in [1.82, 2.24) is 15.1 Å². The van der Waals surface area contributed by atoms with Crippen LogP contribution in [0.2, 0.25) is 0 Å². The second-order valence-electron chi connectivity index (χ2n) is 10.4. The summed E-state index contributed by atoms with van der Waals surface area (Å²) < 4.78 is 5.80. The Morgan fingerprint density at radius 2 is 1.84 bits per heavy atom. The van der Waals surface area contributed by atoms with Crippen LogP contribution >= 0.6 is 0 Å². The molecule has 1 saturated carbocycles. The maximum Gasteiger partial charge on any atom is 0.260 e. The van der Waals surface area contributed by atoms with Gasteiger partial charge >= 0.3 is 0 Å². The molecule has 0 atom stereocenters. The van der Waals surface area contributed by atoms with Gasteiger partial charge in [0.2, 0.25) is 5.82 Å². The number of fused-ring (bicyclic) bond motifs is 1. The first-order chi connectivity index (χ1) is 14.9. The number of hydrogen-bond acceptors (Lipinski definition) is 4. The molecule has 2 aromatic heterocycles. The normalized spacial score (nSPS) is 17.6. The minimum atomic E-state index is 0.326. The Morgan fingerprint density at radius 1 is 1.10 bits per heavy atom. The van der Waals surface area contributed by atoms with Crippen molar-refractivity contribution in [3.05, 3.63) is 51.8 Å². The van der Waals surface area contributed by atoms with Gasteiger partial charge in [0, 0.05) is 23.4 Å². The largest absolute Gasteiger partial charge is 0.334 e. The van der Waals surface area contributed by atoms with E-state index in [0.717, 1.165) is 36.8 Å². The van der Waals surface area contributed by atoms with Gasteiger partial charge in [0.15, 0.2) is 0 Å². The molecule has 2 aliphatic rings. The van der Waals surface area contributed by atoms with Crippen LogP contribution in [0.4, 0.5) is 0 Å². The predicted molar refractivity (Wildman–Crippen MR) is 124 cm³/mol. The molecule has 0 spiro atoms. The van der Waals surface area contributed by atoms with Gasteiger partial charge in [-0.15, -0.1) is 0 Å². The summed E-state index contributed by atoms with van der Waals surface area (Å²) in [4.78, 5) is 9.74. The smallest absolute Gasteiger partial charge is 0.260 e. The molecule has 3 aromatic rings. The Labute approximate surface area is 185 Å². The first kappa shape index (κ1) is 20.4. The first-order valence-electron chi connectivity index (χ1n) is 11.8. The zero-order chi connectivity index (χ0) is 21.8. The molecular formula is C27H33N3O. The van der Waals surface area contributed by atoms with Crippen LogP contribution < -0.4 is 0 Å². The molecule has 4 nitrogen and oxygen atoms in total. The van der Waals surface area contributed by atoms with Crippen LogP contribution in [0.15, 0.2) is 22.9 Å². The fraction of sp³-hybridized carbons (Fsp3) is 0.519. The molecule has 0 aliphatic heterocycles. The molecule has 2 heterocycles. The number of aryl methyl sites for hydroxylation is 2. The summed E-state index contributed by atoms with van der Waals surface area (Å²) in [6, 6.07) is 4.39. The Bertz CT molecular complexity index is 1110. The van der Waals surface area contributed by atoms with Crippen molar-refractivity contribution in [2.24, 2.45) is 5.41 Å². The minimum Gasteiger partial charge on any atom is -0.334 e. The van der Waals surface area contributed by atoms with E-state index in [0.29, 0.717) is 23.0 Å². The lowest BCUT2D eigenvalue weighted by atomic mass is 9.72. The monoisotopic (exact) mass is 415 g/mol. The summed E-state index contributed by atoms with van der Waals surface area (Å²) in [5, 5.41) is 4.35. The highest BCUT2D eigenvalue weighted by molar-refractivity contribution is 5.66. The maximum absolute atomic E-state index is 5.80. The summed E-state index contributed by atoms with van der Waals surface area (Å²) in [6.07, 6.45) is 10.1. The van der Waals surface area contributed by atoms with Crippen molar-refractivity contribution in [1.29, 1.82) is 0 Å². The van der Waals surface area contributed by atoms with Crippen LogP contribution in [0.3, 0.4) is 0 Å². The van der Waals surface area contributed by atoms with Crippen LogP contribution in [-0.2, 0) is 19.3 Å². The lowest BCUT2D eigenvalue weighted by Crippen LogP contribution is -2.24. The van der Waals surface area contributed by atoms with Gasteiger partial charge in [0.25, 0.3) is 5.89 Å². The SMILES string of the molecule is CCCc1c(C)cc(-c2noc(-c3cnc(C4CC4)c4c3CCC(C)(C)C4)n2)cc1C. The predicted octanol–water partition coefficient (Wildman–Crippen LogP) is 6.76. The van der Waals surface area contributed by atoms with E-state index in [4.69, 9.17) is 14.5 Å².